The molecule has 0 aliphatic heterocycles. The lowest BCUT2D eigenvalue weighted by Gasteiger charge is -2.13. The molecule has 1 aromatic rings. The van der Waals surface area contributed by atoms with E-state index < -0.39 is 6.04 Å². The van der Waals surface area contributed by atoms with Crippen LogP contribution in [0.15, 0.2) is 24.3 Å². The summed E-state index contributed by atoms with van der Waals surface area (Å²) in [5, 5.41) is 12.0. The predicted octanol–water partition coefficient (Wildman–Crippen LogP) is 1.81. The first-order chi connectivity index (χ1) is 8.99. The van der Waals surface area contributed by atoms with Crippen molar-refractivity contribution in [1.82, 2.24) is 5.32 Å². The molecule has 4 heteroatoms. The van der Waals surface area contributed by atoms with Crippen molar-refractivity contribution < 1.29 is 9.90 Å². The summed E-state index contributed by atoms with van der Waals surface area (Å²) < 4.78 is 0. The van der Waals surface area contributed by atoms with Crippen molar-refractivity contribution in [3.8, 4) is 5.75 Å². The molecule has 1 atom stereocenters. The number of rotatable bonds is 7. The standard InChI is InChI=1S/C15H24N2O2/c1-11(2)4-3-9-17-15(19)14(16)10-12-5-7-13(18)8-6-12/h5-8,11,14,18H,3-4,9-10,16H2,1-2H3,(H,17,19)/t14-/m0/s1. The average molecular weight is 264 g/mol. The van der Waals surface area contributed by atoms with Crippen LogP contribution < -0.4 is 11.1 Å². The van der Waals surface area contributed by atoms with Gasteiger partial charge in [0.1, 0.15) is 5.75 Å². The van der Waals surface area contributed by atoms with Crippen molar-refractivity contribution >= 4 is 5.91 Å². The first kappa shape index (κ1) is 15.5. The molecule has 0 radical (unpaired) electrons. The van der Waals surface area contributed by atoms with E-state index in [9.17, 15) is 9.90 Å². The zero-order valence-corrected chi connectivity index (χ0v) is 11.7. The Morgan fingerprint density at radius 1 is 1.32 bits per heavy atom. The summed E-state index contributed by atoms with van der Waals surface area (Å²) in [5.41, 5.74) is 6.80. The number of carbonyl (C=O) groups excluding carboxylic acids is 1. The Labute approximate surface area is 115 Å². The third kappa shape index (κ3) is 6.25. The molecule has 0 aliphatic rings. The van der Waals surface area contributed by atoms with Crippen molar-refractivity contribution in [2.45, 2.75) is 39.2 Å². The third-order valence-corrected chi connectivity index (χ3v) is 2.99. The Kier molecular flexibility index (Phi) is 6.36. The molecule has 4 N–H and O–H groups in total. The van der Waals surface area contributed by atoms with E-state index in [1.54, 1.807) is 24.3 Å². The molecule has 4 nitrogen and oxygen atoms in total. The minimum Gasteiger partial charge on any atom is -0.508 e. The second kappa shape index (κ2) is 7.79. The number of hydrogen-bond acceptors (Lipinski definition) is 3. The number of carbonyl (C=O) groups is 1. The third-order valence-electron chi connectivity index (χ3n) is 2.99. The number of aromatic hydroxyl groups is 1. The largest absolute Gasteiger partial charge is 0.508 e. The van der Waals surface area contributed by atoms with Gasteiger partial charge in [0, 0.05) is 6.54 Å². The monoisotopic (exact) mass is 264 g/mol. The van der Waals surface area contributed by atoms with Crippen molar-refractivity contribution in [3.05, 3.63) is 29.8 Å². The summed E-state index contributed by atoms with van der Waals surface area (Å²) in [7, 11) is 0. The van der Waals surface area contributed by atoms with Crippen LogP contribution >= 0.6 is 0 Å². The van der Waals surface area contributed by atoms with E-state index >= 15 is 0 Å². The number of phenolic OH excluding ortho intramolecular Hbond substituents is 1. The highest BCUT2D eigenvalue weighted by molar-refractivity contribution is 5.81. The maximum atomic E-state index is 11.8. The number of nitrogens with two attached hydrogens (primary N) is 1. The Bertz CT molecular complexity index is 388. The number of hydrogen-bond donors (Lipinski definition) is 3. The van der Waals surface area contributed by atoms with E-state index in [-0.39, 0.29) is 11.7 Å². The molecule has 0 heterocycles. The van der Waals surface area contributed by atoms with Gasteiger partial charge in [0.15, 0.2) is 0 Å². The van der Waals surface area contributed by atoms with E-state index in [2.05, 4.69) is 19.2 Å². The highest BCUT2D eigenvalue weighted by Gasteiger charge is 2.13. The van der Waals surface area contributed by atoms with Gasteiger partial charge in [-0.05, 0) is 42.9 Å². The summed E-state index contributed by atoms with van der Waals surface area (Å²) in [4.78, 5) is 11.8. The maximum absolute atomic E-state index is 11.8. The van der Waals surface area contributed by atoms with Gasteiger partial charge < -0.3 is 16.2 Å². The molecule has 0 fully saturated rings. The summed E-state index contributed by atoms with van der Waals surface area (Å²) in [6.07, 6.45) is 2.57. The Morgan fingerprint density at radius 2 is 1.95 bits per heavy atom. The van der Waals surface area contributed by atoms with Gasteiger partial charge in [0.05, 0.1) is 6.04 Å². The van der Waals surface area contributed by atoms with Gasteiger partial charge >= 0.3 is 0 Å². The first-order valence-corrected chi connectivity index (χ1v) is 6.80. The topological polar surface area (TPSA) is 75.4 Å². The highest BCUT2D eigenvalue weighted by atomic mass is 16.3. The number of amides is 1. The van der Waals surface area contributed by atoms with Crippen LogP contribution in [0.25, 0.3) is 0 Å². The smallest absolute Gasteiger partial charge is 0.237 e. The van der Waals surface area contributed by atoms with E-state index in [0.717, 1.165) is 18.4 Å². The molecule has 0 saturated carbocycles. The fourth-order valence-corrected chi connectivity index (χ4v) is 1.83. The normalized spacial score (nSPS) is 12.4. The minimum absolute atomic E-state index is 0.114. The molecule has 0 bridgehead atoms. The Balaban J connectivity index is 2.30. The van der Waals surface area contributed by atoms with Crippen molar-refractivity contribution in [3.63, 3.8) is 0 Å². The molecule has 0 aliphatic carbocycles. The van der Waals surface area contributed by atoms with Gasteiger partial charge in [-0.1, -0.05) is 26.0 Å². The SMILES string of the molecule is CC(C)CCCNC(=O)[C@@H](N)Cc1ccc(O)cc1. The molecule has 0 unspecified atom stereocenters. The molecule has 106 valence electrons. The summed E-state index contributed by atoms with van der Waals surface area (Å²) in [5.74, 6) is 0.759. The Hall–Kier alpha value is -1.55. The van der Waals surface area contributed by atoms with Crippen molar-refractivity contribution in [1.29, 1.82) is 0 Å². The van der Waals surface area contributed by atoms with Gasteiger partial charge in [0.2, 0.25) is 5.91 Å². The molecular weight excluding hydrogens is 240 g/mol. The van der Waals surface area contributed by atoms with Gasteiger partial charge in [0.25, 0.3) is 0 Å². The van der Waals surface area contributed by atoms with Crippen LogP contribution in [0.1, 0.15) is 32.3 Å². The van der Waals surface area contributed by atoms with Crippen LogP contribution in [0.4, 0.5) is 0 Å². The lowest BCUT2D eigenvalue weighted by molar-refractivity contribution is -0.122. The van der Waals surface area contributed by atoms with Gasteiger partial charge in [-0.2, -0.15) is 0 Å². The first-order valence-electron chi connectivity index (χ1n) is 6.80. The van der Waals surface area contributed by atoms with E-state index in [4.69, 9.17) is 5.73 Å². The van der Waals surface area contributed by atoms with Crippen LogP contribution in [0.2, 0.25) is 0 Å². The second-order valence-electron chi connectivity index (χ2n) is 5.30. The Morgan fingerprint density at radius 3 is 2.53 bits per heavy atom. The summed E-state index contributed by atoms with van der Waals surface area (Å²) in [6, 6.07) is 6.22. The molecule has 1 amide bonds. The second-order valence-corrected chi connectivity index (χ2v) is 5.30. The van der Waals surface area contributed by atoms with Gasteiger partial charge in [-0.25, -0.2) is 0 Å². The minimum atomic E-state index is -0.538. The van der Waals surface area contributed by atoms with E-state index in [0.29, 0.717) is 18.9 Å². The number of benzene rings is 1. The molecule has 19 heavy (non-hydrogen) atoms. The number of nitrogens with one attached hydrogen (secondary N) is 1. The van der Waals surface area contributed by atoms with Crippen LogP contribution in [-0.4, -0.2) is 23.6 Å². The molecule has 1 aromatic carbocycles. The van der Waals surface area contributed by atoms with Crippen LogP contribution in [0, 0.1) is 5.92 Å². The summed E-state index contributed by atoms with van der Waals surface area (Å²) >= 11 is 0. The van der Waals surface area contributed by atoms with Crippen LogP contribution in [-0.2, 0) is 11.2 Å². The van der Waals surface area contributed by atoms with E-state index in [1.165, 1.54) is 0 Å². The zero-order chi connectivity index (χ0) is 14.3. The fraction of sp³-hybridized carbons (Fsp3) is 0.533. The van der Waals surface area contributed by atoms with Crippen LogP contribution in [0.3, 0.4) is 0 Å². The lowest BCUT2D eigenvalue weighted by Crippen LogP contribution is -2.42. The molecule has 0 spiro atoms. The lowest BCUT2D eigenvalue weighted by atomic mass is 10.1. The van der Waals surface area contributed by atoms with Crippen molar-refractivity contribution in [2.75, 3.05) is 6.54 Å². The summed E-state index contributed by atoms with van der Waals surface area (Å²) in [6.45, 7) is 5.01. The highest BCUT2D eigenvalue weighted by Crippen LogP contribution is 2.10. The van der Waals surface area contributed by atoms with Gasteiger partial charge in [-0.3, -0.25) is 4.79 Å². The van der Waals surface area contributed by atoms with E-state index in [1.807, 2.05) is 0 Å². The molecular formula is C15H24N2O2. The predicted molar refractivity (Wildman–Crippen MR) is 76.9 cm³/mol. The molecule has 0 aromatic heterocycles. The fourth-order valence-electron chi connectivity index (χ4n) is 1.83. The number of phenols is 1. The maximum Gasteiger partial charge on any atom is 0.237 e. The molecule has 0 saturated heterocycles. The average Bonchev–Trinajstić information content (AvgIpc) is 2.36. The zero-order valence-electron chi connectivity index (χ0n) is 11.7. The van der Waals surface area contributed by atoms with Crippen molar-refractivity contribution in [2.24, 2.45) is 11.7 Å². The molecule has 1 rings (SSSR count). The van der Waals surface area contributed by atoms with Gasteiger partial charge in [-0.15, -0.1) is 0 Å². The van der Waals surface area contributed by atoms with Crippen LogP contribution in [0.5, 0.6) is 5.75 Å². The quantitative estimate of drug-likeness (QED) is 0.657.